The summed E-state index contributed by atoms with van der Waals surface area (Å²) in [7, 11) is 0. The van der Waals surface area contributed by atoms with Gasteiger partial charge in [-0.25, -0.2) is 0 Å². The Hall–Kier alpha value is -1.35. The Morgan fingerprint density at radius 2 is 1.84 bits per heavy atom. The number of rotatable bonds is 8. The van der Waals surface area contributed by atoms with E-state index in [4.69, 9.17) is 5.11 Å². The molecule has 1 aromatic carbocycles. The van der Waals surface area contributed by atoms with Crippen molar-refractivity contribution in [3.63, 3.8) is 0 Å². The second kappa shape index (κ2) is 7.95. The molecule has 3 nitrogen and oxygen atoms in total. The number of benzene rings is 1. The Balaban J connectivity index is 2.38. The molecular weight excluding hydrogens is 238 g/mol. The fraction of sp³-hybridized carbons (Fsp3) is 0.562. The maximum Gasteiger partial charge on any atom is 0.320 e. The predicted molar refractivity (Wildman–Crippen MR) is 78.4 cm³/mol. The van der Waals surface area contributed by atoms with Gasteiger partial charge in [0.1, 0.15) is 6.04 Å². The van der Waals surface area contributed by atoms with E-state index in [9.17, 15) is 4.79 Å². The van der Waals surface area contributed by atoms with Crippen LogP contribution < -0.4 is 5.32 Å². The van der Waals surface area contributed by atoms with Crippen molar-refractivity contribution >= 4 is 5.97 Å². The van der Waals surface area contributed by atoms with Crippen molar-refractivity contribution in [1.82, 2.24) is 5.32 Å². The first-order chi connectivity index (χ1) is 9.00. The number of aliphatic carboxylic acids is 1. The van der Waals surface area contributed by atoms with Gasteiger partial charge in [0.25, 0.3) is 0 Å². The third kappa shape index (κ3) is 5.88. The van der Waals surface area contributed by atoms with Crippen LogP contribution in [0.2, 0.25) is 0 Å². The van der Waals surface area contributed by atoms with Gasteiger partial charge in [0.15, 0.2) is 0 Å². The molecule has 0 aliphatic rings. The first-order valence-electron chi connectivity index (χ1n) is 7.01. The van der Waals surface area contributed by atoms with E-state index in [1.54, 1.807) is 0 Å². The van der Waals surface area contributed by atoms with E-state index in [0.717, 1.165) is 13.0 Å². The molecule has 0 aromatic heterocycles. The molecule has 0 aliphatic carbocycles. The van der Waals surface area contributed by atoms with Gasteiger partial charge in [-0.3, -0.25) is 4.79 Å². The monoisotopic (exact) mass is 263 g/mol. The van der Waals surface area contributed by atoms with Gasteiger partial charge < -0.3 is 10.4 Å². The average Bonchev–Trinajstić information content (AvgIpc) is 2.37. The second-order valence-electron chi connectivity index (χ2n) is 5.57. The van der Waals surface area contributed by atoms with E-state index >= 15 is 0 Å². The summed E-state index contributed by atoms with van der Waals surface area (Å²) in [4.78, 5) is 11.1. The molecule has 1 aromatic rings. The lowest BCUT2D eigenvalue weighted by atomic mass is 9.97. The van der Waals surface area contributed by atoms with Crippen LogP contribution in [0.3, 0.4) is 0 Å². The second-order valence-corrected chi connectivity index (χ2v) is 5.57. The number of nitrogens with one attached hydrogen (secondary N) is 1. The maximum absolute atomic E-state index is 11.1. The van der Waals surface area contributed by atoms with Gasteiger partial charge in [0.2, 0.25) is 0 Å². The third-order valence-corrected chi connectivity index (χ3v) is 3.34. The van der Waals surface area contributed by atoms with Crippen molar-refractivity contribution in [2.75, 3.05) is 6.54 Å². The molecule has 0 spiro atoms. The normalized spacial score (nSPS) is 14.3. The Morgan fingerprint density at radius 1 is 1.21 bits per heavy atom. The molecule has 1 unspecified atom stereocenters. The van der Waals surface area contributed by atoms with E-state index in [-0.39, 0.29) is 0 Å². The van der Waals surface area contributed by atoms with Gasteiger partial charge in [-0.2, -0.15) is 0 Å². The van der Waals surface area contributed by atoms with Crippen LogP contribution in [0.4, 0.5) is 0 Å². The molecule has 0 bridgehead atoms. The van der Waals surface area contributed by atoms with Crippen LogP contribution >= 0.6 is 0 Å². The molecule has 0 radical (unpaired) electrons. The molecule has 0 heterocycles. The Bertz CT molecular complexity index is 376. The van der Waals surface area contributed by atoms with Gasteiger partial charge in [0, 0.05) is 0 Å². The number of carboxylic acid groups (broad SMARTS) is 1. The van der Waals surface area contributed by atoms with Gasteiger partial charge in [0.05, 0.1) is 0 Å². The number of carboxylic acids is 1. The lowest BCUT2D eigenvalue weighted by Gasteiger charge is -2.18. The SMILES string of the molecule is CC(C)C[C@H](NCCC(C)c1ccccc1)C(=O)O. The van der Waals surface area contributed by atoms with Crippen LogP contribution in [0, 0.1) is 5.92 Å². The number of hydrogen-bond donors (Lipinski definition) is 2. The summed E-state index contributed by atoms with van der Waals surface area (Å²) in [5, 5.41) is 12.3. The van der Waals surface area contributed by atoms with Gasteiger partial charge in [-0.15, -0.1) is 0 Å². The van der Waals surface area contributed by atoms with Crippen LogP contribution in [0.1, 0.15) is 45.1 Å². The fourth-order valence-corrected chi connectivity index (χ4v) is 2.17. The van der Waals surface area contributed by atoms with E-state index < -0.39 is 12.0 Å². The lowest BCUT2D eigenvalue weighted by Crippen LogP contribution is -2.38. The highest BCUT2D eigenvalue weighted by Gasteiger charge is 2.18. The molecule has 1 rings (SSSR count). The maximum atomic E-state index is 11.1. The zero-order valence-corrected chi connectivity index (χ0v) is 12.1. The Labute approximate surface area is 116 Å². The highest BCUT2D eigenvalue weighted by atomic mass is 16.4. The summed E-state index contributed by atoms with van der Waals surface area (Å²) < 4.78 is 0. The van der Waals surface area contributed by atoms with Crippen LogP contribution in [0.5, 0.6) is 0 Å². The van der Waals surface area contributed by atoms with Crippen LogP contribution in [0.25, 0.3) is 0 Å². The van der Waals surface area contributed by atoms with Crippen LogP contribution in [-0.4, -0.2) is 23.7 Å². The summed E-state index contributed by atoms with van der Waals surface area (Å²) in [6.45, 7) is 7.00. The van der Waals surface area contributed by atoms with Crippen molar-refractivity contribution in [2.24, 2.45) is 5.92 Å². The first-order valence-corrected chi connectivity index (χ1v) is 7.01. The summed E-state index contributed by atoms with van der Waals surface area (Å²) in [6, 6.07) is 9.90. The highest BCUT2D eigenvalue weighted by Crippen LogP contribution is 2.17. The van der Waals surface area contributed by atoms with Crippen molar-refractivity contribution in [1.29, 1.82) is 0 Å². The van der Waals surface area contributed by atoms with Crippen molar-refractivity contribution in [2.45, 2.75) is 45.6 Å². The topological polar surface area (TPSA) is 49.3 Å². The van der Waals surface area contributed by atoms with E-state index in [1.807, 2.05) is 32.0 Å². The zero-order valence-electron chi connectivity index (χ0n) is 12.1. The van der Waals surface area contributed by atoms with Crippen molar-refractivity contribution in [3.8, 4) is 0 Å². The standard InChI is InChI=1S/C16H25NO2/c1-12(2)11-15(16(18)19)17-10-9-13(3)14-7-5-4-6-8-14/h4-8,12-13,15,17H,9-11H2,1-3H3,(H,18,19)/t13?,15-/m0/s1. The minimum atomic E-state index is -0.749. The van der Waals surface area contributed by atoms with E-state index in [1.165, 1.54) is 5.56 Å². The first kappa shape index (κ1) is 15.7. The molecule has 2 atom stereocenters. The number of carbonyl (C=O) groups is 1. The lowest BCUT2D eigenvalue weighted by molar-refractivity contribution is -0.139. The third-order valence-electron chi connectivity index (χ3n) is 3.34. The molecule has 106 valence electrons. The highest BCUT2D eigenvalue weighted by molar-refractivity contribution is 5.73. The Morgan fingerprint density at radius 3 is 2.37 bits per heavy atom. The fourth-order valence-electron chi connectivity index (χ4n) is 2.17. The van der Waals surface area contributed by atoms with Gasteiger partial charge in [-0.05, 0) is 36.8 Å². The quantitative estimate of drug-likeness (QED) is 0.757. The minimum absolute atomic E-state index is 0.389. The van der Waals surface area contributed by atoms with Gasteiger partial charge >= 0.3 is 5.97 Å². The molecule has 0 amide bonds. The van der Waals surface area contributed by atoms with E-state index in [2.05, 4.69) is 24.4 Å². The van der Waals surface area contributed by atoms with Crippen LogP contribution in [0.15, 0.2) is 30.3 Å². The minimum Gasteiger partial charge on any atom is -0.480 e. The largest absolute Gasteiger partial charge is 0.480 e. The van der Waals surface area contributed by atoms with Gasteiger partial charge in [-0.1, -0.05) is 51.1 Å². The van der Waals surface area contributed by atoms with Crippen LogP contribution in [-0.2, 0) is 4.79 Å². The van der Waals surface area contributed by atoms with Crippen molar-refractivity contribution < 1.29 is 9.90 Å². The smallest absolute Gasteiger partial charge is 0.320 e. The Kier molecular flexibility index (Phi) is 6.57. The molecule has 19 heavy (non-hydrogen) atoms. The molecule has 0 fully saturated rings. The number of hydrogen-bond acceptors (Lipinski definition) is 2. The molecule has 0 saturated heterocycles. The summed E-state index contributed by atoms with van der Waals surface area (Å²) in [5.74, 6) is 0.0865. The molecule has 0 saturated carbocycles. The van der Waals surface area contributed by atoms with E-state index in [0.29, 0.717) is 18.3 Å². The molecule has 3 heteroatoms. The summed E-state index contributed by atoms with van der Waals surface area (Å²) in [6.07, 6.45) is 1.63. The predicted octanol–water partition coefficient (Wildman–Crippen LogP) is 3.27. The zero-order chi connectivity index (χ0) is 14.3. The molecule has 0 aliphatic heterocycles. The summed E-state index contributed by atoms with van der Waals surface area (Å²) in [5.41, 5.74) is 1.31. The molecular formula is C16H25NO2. The molecule has 2 N–H and O–H groups in total. The van der Waals surface area contributed by atoms with Crippen molar-refractivity contribution in [3.05, 3.63) is 35.9 Å². The summed E-state index contributed by atoms with van der Waals surface area (Å²) >= 11 is 0. The average molecular weight is 263 g/mol.